The molecule has 2 nitrogen and oxygen atoms in total. The molecule has 16 heavy (non-hydrogen) atoms. The monoisotopic (exact) mass is 253 g/mol. The van der Waals surface area contributed by atoms with Crippen molar-refractivity contribution in [3.8, 4) is 11.6 Å². The summed E-state index contributed by atoms with van der Waals surface area (Å²) in [5, 5.41) is 0.561. The van der Waals surface area contributed by atoms with Crippen molar-refractivity contribution in [3.05, 3.63) is 53.2 Å². The number of halogens is 2. The molecular weight excluding hydrogens is 245 g/mol. The molecule has 0 bridgehead atoms. The van der Waals surface area contributed by atoms with Gasteiger partial charge in [0.05, 0.1) is 5.02 Å². The largest absolute Gasteiger partial charge is 0.437 e. The Labute approximate surface area is 104 Å². The van der Waals surface area contributed by atoms with E-state index in [2.05, 4.69) is 4.98 Å². The Morgan fingerprint density at radius 1 is 1.12 bits per heavy atom. The number of para-hydroxylation sites is 1. The first-order valence-corrected chi connectivity index (χ1v) is 5.64. The van der Waals surface area contributed by atoms with E-state index in [-0.39, 0.29) is 0 Å². The van der Waals surface area contributed by atoms with Crippen molar-refractivity contribution < 1.29 is 4.74 Å². The van der Waals surface area contributed by atoms with Crippen LogP contribution in [0.25, 0.3) is 0 Å². The first-order chi connectivity index (χ1) is 7.79. The van der Waals surface area contributed by atoms with Crippen LogP contribution in [0.3, 0.4) is 0 Å². The van der Waals surface area contributed by atoms with Crippen molar-refractivity contribution in [3.63, 3.8) is 0 Å². The molecule has 2 rings (SSSR count). The fourth-order valence-electron chi connectivity index (χ4n) is 1.19. The summed E-state index contributed by atoms with van der Waals surface area (Å²) in [6.07, 6.45) is 1.68. The highest BCUT2D eigenvalue weighted by Crippen LogP contribution is 2.27. The summed E-state index contributed by atoms with van der Waals surface area (Å²) in [6, 6.07) is 10.9. The summed E-state index contributed by atoms with van der Waals surface area (Å²) in [7, 11) is 0. The van der Waals surface area contributed by atoms with Gasteiger partial charge in [0.15, 0.2) is 0 Å². The maximum absolute atomic E-state index is 5.96. The van der Waals surface area contributed by atoms with Crippen LogP contribution in [0.4, 0.5) is 0 Å². The van der Waals surface area contributed by atoms with Crippen molar-refractivity contribution in [2.45, 2.75) is 5.88 Å². The van der Waals surface area contributed by atoms with Crippen LogP contribution in [0.5, 0.6) is 11.6 Å². The van der Waals surface area contributed by atoms with E-state index in [1.54, 1.807) is 24.4 Å². The maximum atomic E-state index is 5.96. The van der Waals surface area contributed by atoms with E-state index < -0.39 is 0 Å². The molecule has 1 aromatic heterocycles. The SMILES string of the molecule is ClCc1ccc(Oc2ccccc2Cl)nc1. The average Bonchev–Trinajstić information content (AvgIpc) is 2.33. The molecule has 0 fully saturated rings. The van der Waals surface area contributed by atoms with Crippen LogP contribution in [-0.4, -0.2) is 4.98 Å². The zero-order valence-corrected chi connectivity index (χ0v) is 9.87. The van der Waals surface area contributed by atoms with Crippen molar-refractivity contribution in [2.75, 3.05) is 0 Å². The molecule has 0 aliphatic heterocycles. The molecular formula is C12H9Cl2NO. The molecule has 0 aliphatic rings. The Morgan fingerprint density at radius 3 is 2.56 bits per heavy atom. The average molecular weight is 254 g/mol. The lowest BCUT2D eigenvalue weighted by atomic mass is 10.3. The van der Waals surface area contributed by atoms with E-state index in [4.69, 9.17) is 27.9 Å². The summed E-state index contributed by atoms with van der Waals surface area (Å²) in [6.45, 7) is 0. The number of benzene rings is 1. The highest BCUT2D eigenvalue weighted by atomic mass is 35.5. The highest BCUT2D eigenvalue weighted by molar-refractivity contribution is 6.32. The Hall–Kier alpha value is -1.25. The van der Waals surface area contributed by atoms with Crippen LogP contribution in [0.15, 0.2) is 42.6 Å². The second kappa shape index (κ2) is 5.19. The first kappa shape index (κ1) is 11.2. The van der Waals surface area contributed by atoms with Gasteiger partial charge in [-0.1, -0.05) is 29.8 Å². The lowest BCUT2D eigenvalue weighted by Gasteiger charge is -2.06. The van der Waals surface area contributed by atoms with Gasteiger partial charge in [-0.15, -0.1) is 11.6 Å². The van der Waals surface area contributed by atoms with Gasteiger partial charge in [0.2, 0.25) is 5.88 Å². The smallest absolute Gasteiger partial charge is 0.219 e. The molecule has 0 radical (unpaired) electrons. The second-order valence-corrected chi connectivity index (χ2v) is 3.85. The molecule has 2 aromatic rings. The lowest BCUT2D eigenvalue weighted by Crippen LogP contribution is -1.89. The summed E-state index contributed by atoms with van der Waals surface area (Å²) in [5.41, 5.74) is 0.952. The summed E-state index contributed by atoms with van der Waals surface area (Å²) >= 11 is 11.6. The number of rotatable bonds is 3. The molecule has 0 amide bonds. The van der Waals surface area contributed by atoms with Crippen LogP contribution >= 0.6 is 23.2 Å². The first-order valence-electron chi connectivity index (χ1n) is 4.73. The molecule has 0 N–H and O–H groups in total. The summed E-state index contributed by atoms with van der Waals surface area (Å²) < 4.78 is 5.52. The number of hydrogen-bond donors (Lipinski definition) is 0. The van der Waals surface area contributed by atoms with Crippen LogP contribution in [0, 0.1) is 0 Å². The number of hydrogen-bond acceptors (Lipinski definition) is 2. The van der Waals surface area contributed by atoms with E-state index in [1.165, 1.54) is 0 Å². The van der Waals surface area contributed by atoms with E-state index in [0.29, 0.717) is 22.5 Å². The van der Waals surface area contributed by atoms with Gasteiger partial charge in [0.25, 0.3) is 0 Å². The molecule has 1 aromatic carbocycles. The third kappa shape index (κ3) is 2.65. The Bertz CT molecular complexity index is 471. The predicted molar refractivity (Wildman–Crippen MR) is 65.3 cm³/mol. The number of alkyl halides is 1. The van der Waals surface area contributed by atoms with E-state index >= 15 is 0 Å². The van der Waals surface area contributed by atoms with Gasteiger partial charge in [-0.3, -0.25) is 0 Å². The Kier molecular flexibility index (Phi) is 3.65. The zero-order chi connectivity index (χ0) is 11.4. The minimum Gasteiger partial charge on any atom is -0.437 e. The van der Waals surface area contributed by atoms with Crippen LogP contribution < -0.4 is 4.74 Å². The number of pyridine rings is 1. The number of nitrogens with zero attached hydrogens (tertiary/aromatic N) is 1. The third-order valence-corrected chi connectivity index (χ3v) is 2.62. The van der Waals surface area contributed by atoms with Crippen molar-refractivity contribution in [1.29, 1.82) is 0 Å². The number of ether oxygens (including phenoxy) is 1. The fourth-order valence-corrected chi connectivity index (χ4v) is 1.52. The van der Waals surface area contributed by atoms with Gasteiger partial charge in [0, 0.05) is 18.1 Å². The van der Waals surface area contributed by atoms with E-state index in [9.17, 15) is 0 Å². The Balaban J connectivity index is 2.18. The molecule has 1 heterocycles. The van der Waals surface area contributed by atoms with Crippen molar-refractivity contribution >= 4 is 23.2 Å². The number of aromatic nitrogens is 1. The van der Waals surface area contributed by atoms with Gasteiger partial charge in [-0.2, -0.15) is 0 Å². The lowest BCUT2D eigenvalue weighted by molar-refractivity contribution is 0.463. The summed E-state index contributed by atoms with van der Waals surface area (Å²) in [5.74, 6) is 1.54. The molecule has 0 aliphatic carbocycles. The normalized spacial score (nSPS) is 10.1. The van der Waals surface area contributed by atoms with Gasteiger partial charge in [-0.05, 0) is 17.7 Å². The minimum absolute atomic E-state index is 0.444. The highest BCUT2D eigenvalue weighted by Gasteiger charge is 2.02. The molecule has 0 spiro atoms. The second-order valence-electron chi connectivity index (χ2n) is 3.17. The van der Waals surface area contributed by atoms with Gasteiger partial charge >= 0.3 is 0 Å². The van der Waals surface area contributed by atoms with Gasteiger partial charge < -0.3 is 4.74 Å². The van der Waals surface area contributed by atoms with Gasteiger partial charge in [0.1, 0.15) is 5.75 Å². The van der Waals surface area contributed by atoms with Crippen LogP contribution in [-0.2, 0) is 5.88 Å². The fraction of sp³-hybridized carbons (Fsp3) is 0.0833. The van der Waals surface area contributed by atoms with Crippen LogP contribution in [0.1, 0.15) is 5.56 Å². The van der Waals surface area contributed by atoms with Crippen molar-refractivity contribution in [1.82, 2.24) is 4.98 Å². The predicted octanol–water partition coefficient (Wildman–Crippen LogP) is 4.27. The van der Waals surface area contributed by atoms with E-state index in [1.807, 2.05) is 18.2 Å². The molecule has 0 saturated heterocycles. The molecule has 0 atom stereocenters. The summed E-state index contributed by atoms with van der Waals surface area (Å²) in [4.78, 5) is 4.12. The van der Waals surface area contributed by atoms with Crippen LogP contribution in [0.2, 0.25) is 5.02 Å². The third-order valence-electron chi connectivity index (χ3n) is 2.00. The molecule has 4 heteroatoms. The van der Waals surface area contributed by atoms with E-state index in [0.717, 1.165) is 5.56 Å². The molecule has 82 valence electrons. The Morgan fingerprint density at radius 2 is 1.94 bits per heavy atom. The standard InChI is InChI=1S/C12H9Cl2NO/c13-7-9-5-6-12(15-8-9)16-11-4-2-1-3-10(11)14/h1-6,8H,7H2. The van der Waals surface area contributed by atoms with Crippen molar-refractivity contribution in [2.24, 2.45) is 0 Å². The minimum atomic E-state index is 0.444. The molecule has 0 unspecified atom stereocenters. The zero-order valence-electron chi connectivity index (χ0n) is 8.36. The quantitative estimate of drug-likeness (QED) is 0.763. The topological polar surface area (TPSA) is 22.1 Å². The molecule has 0 saturated carbocycles. The van der Waals surface area contributed by atoms with Gasteiger partial charge in [-0.25, -0.2) is 4.98 Å². The maximum Gasteiger partial charge on any atom is 0.219 e.